The second-order valence-corrected chi connectivity index (χ2v) is 5.35. The summed E-state index contributed by atoms with van der Waals surface area (Å²) in [6.07, 6.45) is 4.91. The zero-order valence-corrected chi connectivity index (χ0v) is 11.6. The summed E-state index contributed by atoms with van der Waals surface area (Å²) in [4.78, 5) is 8.93. The highest BCUT2D eigenvalue weighted by atomic mass is 16.5. The van der Waals surface area contributed by atoms with Gasteiger partial charge in [0, 0.05) is 25.9 Å². The van der Waals surface area contributed by atoms with Crippen LogP contribution in [0, 0.1) is 0 Å². The molecule has 102 valence electrons. The fraction of sp³-hybridized carbons (Fsp3) is 0.571. The van der Waals surface area contributed by atoms with Crippen molar-refractivity contribution < 1.29 is 4.74 Å². The molecule has 1 fully saturated rings. The number of nitrogens with zero attached hydrogens (tertiary/aromatic N) is 3. The summed E-state index contributed by atoms with van der Waals surface area (Å²) in [6.45, 7) is 5.27. The SMILES string of the molecule is COC1CNC(c2nc3cnccc3n2C(C)C)C1. The normalized spacial score (nSPS) is 23.6. The molecule has 1 N–H and O–H groups in total. The molecule has 2 aromatic heterocycles. The van der Waals surface area contributed by atoms with Crippen molar-refractivity contribution in [1.29, 1.82) is 0 Å². The zero-order valence-electron chi connectivity index (χ0n) is 11.6. The van der Waals surface area contributed by atoms with Gasteiger partial charge < -0.3 is 14.6 Å². The Hall–Kier alpha value is -1.46. The van der Waals surface area contributed by atoms with Crippen molar-refractivity contribution in [3.05, 3.63) is 24.3 Å². The van der Waals surface area contributed by atoms with Crippen molar-refractivity contribution in [2.45, 2.75) is 38.5 Å². The van der Waals surface area contributed by atoms with Gasteiger partial charge in [0.15, 0.2) is 0 Å². The highest BCUT2D eigenvalue weighted by Crippen LogP contribution is 2.29. The molecular weight excluding hydrogens is 240 g/mol. The minimum atomic E-state index is 0.264. The predicted octanol–water partition coefficient (Wildman–Crippen LogP) is 2.06. The molecule has 0 spiro atoms. The molecule has 19 heavy (non-hydrogen) atoms. The van der Waals surface area contributed by atoms with Gasteiger partial charge in [-0.1, -0.05) is 0 Å². The van der Waals surface area contributed by atoms with E-state index < -0.39 is 0 Å². The summed E-state index contributed by atoms with van der Waals surface area (Å²) >= 11 is 0. The van der Waals surface area contributed by atoms with Crippen molar-refractivity contribution in [2.24, 2.45) is 0 Å². The quantitative estimate of drug-likeness (QED) is 0.917. The Morgan fingerprint density at radius 1 is 1.47 bits per heavy atom. The summed E-state index contributed by atoms with van der Waals surface area (Å²) in [5, 5.41) is 3.50. The van der Waals surface area contributed by atoms with Gasteiger partial charge in [-0.25, -0.2) is 4.98 Å². The maximum atomic E-state index is 5.43. The fourth-order valence-electron chi connectivity index (χ4n) is 2.84. The summed E-state index contributed by atoms with van der Waals surface area (Å²) in [5.41, 5.74) is 2.12. The predicted molar refractivity (Wildman–Crippen MR) is 74.1 cm³/mol. The fourth-order valence-corrected chi connectivity index (χ4v) is 2.84. The Bertz CT molecular complexity index is 578. The third-order valence-electron chi connectivity index (χ3n) is 3.77. The molecule has 2 unspecified atom stereocenters. The molecule has 0 saturated carbocycles. The van der Waals surface area contributed by atoms with Gasteiger partial charge >= 0.3 is 0 Å². The number of nitrogens with one attached hydrogen (secondary N) is 1. The first-order chi connectivity index (χ1) is 9.20. The third kappa shape index (κ3) is 2.13. The van der Waals surface area contributed by atoms with Gasteiger partial charge in [-0.05, 0) is 26.3 Å². The first-order valence-electron chi connectivity index (χ1n) is 6.78. The van der Waals surface area contributed by atoms with Crippen LogP contribution in [0.1, 0.15) is 38.2 Å². The lowest BCUT2D eigenvalue weighted by atomic mass is 10.2. The van der Waals surface area contributed by atoms with E-state index in [1.165, 1.54) is 0 Å². The average molecular weight is 260 g/mol. The topological polar surface area (TPSA) is 52.0 Å². The van der Waals surface area contributed by atoms with Gasteiger partial charge in [0.25, 0.3) is 0 Å². The van der Waals surface area contributed by atoms with Gasteiger partial charge in [-0.15, -0.1) is 0 Å². The first kappa shape index (κ1) is 12.6. The minimum absolute atomic E-state index is 0.264. The molecule has 0 bridgehead atoms. The molecule has 3 heterocycles. The molecule has 3 rings (SSSR count). The van der Waals surface area contributed by atoms with E-state index in [0.29, 0.717) is 6.04 Å². The molecule has 0 amide bonds. The molecule has 0 aromatic carbocycles. The molecule has 0 aliphatic carbocycles. The number of imidazole rings is 1. The van der Waals surface area contributed by atoms with Crippen molar-refractivity contribution in [3.63, 3.8) is 0 Å². The molecule has 0 radical (unpaired) electrons. The van der Waals surface area contributed by atoms with E-state index in [1.54, 1.807) is 7.11 Å². The van der Waals surface area contributed by atoms with Gasteiger partial charge in [0.2, 0.25) is 0 Å². The van der Waals surface area contributed by atoms with E-state index in [-0.39, 0.29) is 12.1 Å². The van der Waals surface area contributed by atoms with Gasteiger partial charge in [0.1, 0.15) is 11.3 Å². The highest BCUT2D eigenvalue weighted by Gasteiger charge is 2.29. The Morgan fingerprint density at radius 3 is 3.00 bits per heavy atom. The standard InChI is InChI=1S/C14H20N4O/c1-9(2)18-13-4-5-15-8-12(13)17-14(18)11-6-10(19-3)7-16-11/h4-5,8-11,16H,6-7H2,1-3H3. The Kier molecular flexibility index (Phi) is 3.24. The van der Waals surface area contributed by atoms with Crippen LogP contribution in [0.5, 0.6) is 0 Å². The average Bonchev–Trinajstić information content (AvgIpc) is 3.02. The summed E-state index contributed by atoms with van der Waals surface area (Å²) < 4.78 is 7.72. The lowest BCUT2D eigenvalue weighted by molar-refractivity contribution is 0.117. The monoisotopic (exact) mass is 260 g/mol. The molecule has 1 aliphatic rings. The third-order valence-corrected chi connectivity index (χ3v) is 3.77. The minimum Gasteiger partial charge on any atom is -0.380 e. The van der Waals surface area contributed by atoms with Crippen LogP contribution in [-0.2, 0) is 4.74 Å². The van der Waals surface area contributed by atoms with Crippen LogP contribution in [0.25, 0.3) is 11.0 Å². The van der Waals surface area contributed by atoms with Crippen LogP contribution in [0.3, 0.4) is 0 Å². The van der Waals surface area contributed by atoms with E-state index >= 15 is 0 Å². The van der Waals surface area contributed by atoms with E-state index in [4.69, 9.17) is 9.72 Å². The molecular formula is C14H20N4O. The van der Waals surface area contributed by atoms with E-state index in [1.807, 2.05) is 18.5 Å². The number of hydrogen-bond acceptors (Lipinski definition) is 4. The molecule has 5 nitrogen and oxygen atoms in total. The number of rotatable bonds is 3. The van der Waals surface area contributed by atoms with E-state index in [2.05, 4.69) is 28.7 Å². The number of hydrogen-bond donors (Lipinski definition) is 1. The van der Waals surface area contributed by atoms with E-state index in [0.717, 1.165) is 29.8 Å². The van der Waals surface area contributed by atoms with Crippen molar-refractivity contribution in [1.82, 2.24) is 19.9 Å². The smallest absolute Gasteiger partial charge is 0.127 e. The number of fused-ring (bicyclic) bond motifs is 1. The van der Waals surface area contributed by atoms with Crippen LogP contribution in [0.4, 0.5) is 0 Å². The van der Waals surface area contributed by atoms with E-state index in [9.17, 15) is 0 Å². The lowest BCUT2D eigenvalue weighted by Gasteiger charge is -2.17. The maximum Gasteiger partial charge on any atom is 0.127 e. The summed E-state index contributed by atoms with van der Waals surface area (Å²) in [6, 6.07) is 2.68. The van der Waals surface area contributed by atoms with Crippen LogP contribution in [0.15, 0.2) is 18.5 Å². The molecule has 2 atom stereocenters. The van der Waals surface area contributed by atoms with Crippen LogP contribution < -0.4 is 5.32 Å². The van der Waals surface area contributed by atoms with Gasteiger partial charge in [-0.3, -0.25) is 4.98 Å². The zero-order chi connectivity index (χ0) is 13.4. The summed E-state index contributed by atoms with van der Waals surface area (Å²) in [7, 11) is 1.77. The molecule has 2 aromatic rings. The Labute approximate surface area is 113 Å². The summed E-state index contributed by atoms with van der Waals surface area (Å²) in [5.74, 6) is 1.09. The largest absolute Gasteiger partial charge is 0.380 e. The molecule has 1 aliphatic heterocycles. The molecule has 1 saturated heterocycles. The number of ether oxygens (including phenoxy) is 1. The van der Waals surface area contributed by atoms with Crippen LogP contribution in [-0.4, -0.2) is 34.3 Å². The van der Waals surface area contributed by atoms with Gasteiger partial charge in [0.05, 0.1) is 23.9 Å². The first-order valence-corrected chi connectivity index (χ1v) is 6.78. The second kappa shape index (κ2) is 4.90. The highest BCUT2D eigenvalue weighted by molar-refractivity contribution is 5.75. The Balaban J connectivity index is 2.05. The number of methoxy groups -OCH3 is 1. The van der Waals surface area contributed by atoms with Crippen molar-refractivity contribution in [2.75, 3.05) is 13.7 Å². The maximum absolute atomic E-state index is 5.43. The van der Waals surface area contributed by atoms with Crippen LogP contribution in [0.2, 0.25) is 0 Å². The Morgan fingerprint density at radius 2 is 2.32 bits per heavy atom. The van der Waals surface area contributed by atoms with Crippen LogP contribution >= 0.6 is 0 Å². The number of aromatic nitrogens is 3. The van der Waals surface area contributed by atoms with Crippen molar-refractivity contribution in [3.8, 4) is 0 Å². The second-order valence-electron chi connectivity index (χ2n) is 5.35. The van der Waals surface area contributed by atoms with Crippen molar-refractivity contribution >= 4 is 11.0 Å². The lowest BCUT2D eigenvalue weighted by Crippen LogP contribution is -2.19. The number of pyridine rings is 1. The van der Waals surface area contributed by atoms with Gasteiger partial charge in [-0.2, -0.15) is 0 Å². The molecule has 5 heteroatoms.